The molecular formula is C17H23N5O3S. The van der Waals surface area contributed by atoms with Gasteiger partial charge in [-0.05, 0) is 26.0 Å². The number of nitrogens with one attached hydrogen (secondary N) is 2. The van der Waals surface area contributed by atoms with Gasteiger partial charge in [-0.2, -0.15) is 0 Å². The second-order valence-corrected chi connectivity index (χ2v) is 6.48. The molecule has 0 aliphatic rings. The van der Waals surface area contributed by atoms with E-state index in [1.807, 2.05) is 42.8 Å². The average molecular weight is 377 g/mol. The molecule has 2 rings (SSSR count). The molecule has 0 fully saturated rings. The van der Waals surface area contributed by atoms with Crippen LogP contribution in [0.3, 0.4) is 0 Å². The van der Waals surface area contributed by atoms with Crippen molar-refractivity contribution in [3.63, 3.8) is 0 Å². The number of carbonyl (C=O) groups excluding carboxylic acids is 2. The summed E-state index contributed by atoms with van der Waals surface area (Å²) in [4.78, 5) is 23.7. The number of amides is 2. The van der Waals surface area contributed by atoms with Gasteiger partial charge < -0.3 is 19.9 Å². The minimum Gasteiger partial charge on any atom is -0.496 e. The number of carbonyl (C=O) groups is 2. The summed E-state index contributed by atoms with van der Waals surface area (Å²) < 4.78 is 7.17. The number of thioether (sulfide) groups is 1. The first kappa shape index (κ1) is 19.8. The Morgan fingerprint density at radius 2 is 2.04 bits per heavy atom. The van der Waals surface area contributed by atoms with E-state index in [1.54, 1.807) is 14.0 Å². The van der Waals surface area contributed by atoms with Crippen LogP contribution in [-0.4, -0.2) is 52.0 Å². The van der Waals surface area contributed by atoms with Crippen LogP contribution in [0.15, 0.2) is 29.4 Å². The summed E-state index contributed by atoms with van der Waals surface area (Å²) in [5.41, 5.74) is 0.825. The number of rotatable bonds is 8. The molecule has 0 bridgehead atoms. The van der Waals surface area contributed by atoms with Crippen molar-refractivity contribution in [3.05, 3.63) is 24.3 Å². The molecule has 2 N–H and O–H groups in total. The SMILES string of the molecule is CCNC(=O)[C@H](C)NC(=O)CSc1nnc(-c2ccccc2OC)n1C. The molecule has 0 radical (unpaired) electrons. The fourth-order valence-corrected chi connectivity index (χ4v) is 3.03. The number of para-hydroxylation sites is 1. The van der Waals surface area contributed by atoms with E-state index in [9.17, 15) is 9.59 Å². The molecule has 26 heavy (non-hydrogen) atoms. The molecule has 8 nitrogen and oxygen atoms in total. The number of likely N-dealkylation sites (N-methyl/N-ethyl adjacent to an activating group) is 1. The summed E-state index contributed by atoms with van der Waals surface area (Å²) in [5.74, 6) is 1.05. The molecule has 2 amide bonds. The molecule has 9 heteroatoms. The summed E-state index contributed by atoms with van der Waals surface area (Å²) in [5, 5.41) is 14.3. The van der Waals surface area contributed by atoms with Crippen molar-refractivity contribution in [3.8, 4) is 17.1 Å². The Kier molecular flexibility index (Phi) is 7.02. The molecule has 0 saturated heterocycles. The van der Waals surface area contributed by atoms with E-state index < -0.39 is 6.04 Å². The minimum atomic E-state index is -0.577. The van der Waals surface area contributed by atoms with Crippen LogP contribution in [0.2, 0.25) is 0 Å². The number of ether oxygens (including phenoxy) is 1. The zero-order valence-corrected chi connectivity index (χ0v) is 16.1. The number of methoxy groups -OCH3 is 1. The first-order valence-corrected chi connectivity index (χ1v) is 9.19. The lowest BCUT2D eigenvalue weighted by atomic mass is 10.2. The van der Waals surface area contributed by atoms with Gasteiger partial charge in [-0.1, -0.05) is 23.9 Å². The Balaban J connectivity index is 2.00. The van der Waals surface area contributed by atoms with Gasteiger partial charge in [0.2, 0.25) is 11.8 Å². The number of nitrogens with zero attached hydrogens (tertiary/aromatic N) is 3. The summed E-state index contributed by atoms with van der Waals surface area (Å²) in [6, 6.07) is 6.96. The van der Waals surface area contributed by atoms with Gasteiger partial charge in [0.25, 0.3) is 0 Å². The fourth-order valence-electron chi connectivity index (χ4n) is 2.31. The molecule has 1 atom stereocenters. The maximum Gasteiger partial charge on any atom is 0.242 e. The Morgan fingerprint density at radius 1 is 1.31 bits per heavy atom. The van der Waals surface area contributed by atoms with E-state index in [1.165, 1.54) is 11.8 Å². The molecule has 0 aliphatic carbocycles. The van der Waals surface area contributed by atoms with E-state index >= 15 is 0 Å². The van der Waals surface area contributed by atoms with Gasteiger partial charge in [-0.15, -0.1) is 10.2 Å². The predicted molar refractivity (Wildman–Crippen MR) is 100 cm³/mol. The van der Waals surface area contributed by atoms with Gasteiger partial charge in [0.05, 0.1) is 18.4 Å². The molecule has 0 aliphatic heterocycles. The third kappa shape index (κ3) is 4.75. The monoisotopic (exact) mass is 377 g/mol. The van der Waals surface area contributed by atoms with Gasteiger partial charge >= 0.3 is 0 Å². The summed E-state index contributed by atoms with van der Waals surface area (Å²) >= 11 is 1.26. The van der Waals surface area contributed by atoms with E-state index in [-0.39, 0.29) is 17.6 Å². The van der Waals surface area contributed by atoms with Crippen LogP contribution in [-0.2, 0) is 16.6 Å². The number of hydrogen-bond acceptors (Lipinski definition) is 6. The lowest BCUT2D eigenvalue weighted by molar-refractivity contribution is -0.127. The zero-order valence-electron chi connectivity index (χ0n) is 15.3. The first-order valence-electron chi connectivity index (χ1n) is 8.20. The molecule has 0 spiro atoms. The van der Waals surface area contributed by atoms with Crippen LogP contribution in [0, 0.1) is 0 Å². The Morgan fingerprint density at radius 3 is 2.73 bits per heavy atom. The Labute approximate surface area is 156 Å². The summed E-state index contributed by atoms with van der Waals surface area (Å²) in [6.07, 6.45) is 0. The Hall–Kier alpha value is -2.55. The smallest absolute Gasteiger partial charge is 0.242 e. The van der Waals surface area contributed by atoms with Crippen molar-refractivity contribution < 1.29 is 14.3 Å². The van der Waals surface area contributed by atoms with Gasteiger partial charge in [-0.25, -0.2) is 0 Å². The average Bonchev–Trinajstić information content (AvgIpc) is 3.00. The number of benzene rings is 1. The third-order valence-electron chi connectivity index (χ3n) is 3.64. The summed E-state index contributed by atoms with van der Waals surface area (Å²) in [7, 11) is 3.43. The molecule has 1 aromatic heterocycles. The molecule has 1 aromatic carbocycles. The van der Waals surface area contributed by atoms with Crippen LogP contribution in [0.1, 0.15) is 13.8 Å². The maximum absolute atomic E-state index is 12.0. The lowest BCUT2D eigenvalue weighted by Gasteiger charge is -2.13. The van der Waals surface area contributed by atoms with E-state index in [0.29, 0.717) is 23.3 Å². The molecule has 1 heterocycles. The highest BCUT2D eigenvalue weighted by molar-refractivity contribution is 7.99. The van der Waals surface area contributed by atoms with E-state index in [4.69, 9.17) is 4.74 Å². The highest BCUT2D eigenvalue weighted by Gasteiger charge is 2.18. The molecule has 0 saturated carbocycles. The lowest BCUT2D eigenvalue weighted by Crippen LogP contribution is -2.45. The van der Waals surface area contributed by atoms with Crippen molar-refractivity contribution in [1.29, 1.82) is 0 Å². The first-order chi connectivity index (χ1) is 12.5. The molecule has 2 aromatic rings. The summed E-state index contributed by atoms with van der Waals surface area (Å²) in [6.45, 7) is 4.00. The van der Waals surface area contributed by atoms with Crippen LogP contribution < -0.4 is 15.4 Å². The standard InChI is InChI=1S/C17H23N5O3S/c1-5-18-16(24)11(2)19-14(23)10-26-17-21-20-15(22(17)3)12-8-6-7-9-13(12)25-4/h6-9,11H,5,10H2,1-4H3,(H,18,24)(H,19,23)/t11-/m0/s1. The van der Waals surface area contributed by atoms with Crippen molar-refractivity contribution in [1.82, 2.24) is 25.4 Å². The van der Waals surface area contributed by atoms with Gasteiger partial charge in [-0.3, -0.25) is 9.59 Å². The van der Waals surface area contributed by atoms with Crippen molar-refractivity contribution in [2.45, 2.75) is 25.0 Å². The topological polar surface area (TPSA) is 98.1 Å². The fraction of sp³-hybridized carbons (Fsp3) is 0.412. The highest BCUT2D eigenvalue weighted by atomic mass is 32.2. The second-order valence-electron chi connectivity index (χ2n) is 5.54. The highest BCUT2D eigenvalue weighted by Crippen LogP contribution is 2.29. The van der Waals surface area contributed by atoms with Crippen molar-refractivity contribution in [2.24, 2.45) is 7.05 Å². The Bertz CT molecular complexity index is 778. The van der Waals surface area contributed by atoms with Gasteiger partial charge in [0.15, 0.2) is 11.0 Å². The van der Waals surface area contributed by atoms with Crippen LogP contribution in [0.5, 0.6) is 5.75 Å². The second kappa shape index (κ2) is 9.23. The normalized spacial score (nSPS) is 11.7. The quantitative estimate of drug-likeness (QED) is 0.672. The number of hydrogen-bond donors (Lipinski definition) is 2. The maximum atomic E-state index is 12.0. The van der Waals surface area contributed by atoms with Crippen LogP contribution in [0.4, 0.5) is 0 Å². The van der Waals surface area contributed by atoms with E-state index in [0.717, 1.165) is 5.56 Å². The largest absolute Gasteiger partial charge is 0.496 e. The molecule has 0 unspecified atom stereocenters. The van der Waals surface area contributed by atoms with Gasteiger partial charge in [0.1, 0.15) is 11.8 Å². The van der Waals surface area contributed by atoms with Crippen molar-refractivity contribution >= 4 is 23.6 Å². The minimum absolute atomic E-state index is 0.141. The van der Waals surface area contributed by atoms with Crippen LogP contribution >= 0.6 is 11.8 Å². The third-order valence-corrected chi connectivity index (χ3v) is 4.66. The van der Waals surface area contributed by atoms with E-state index in [2.05, 4.69) is 20.8 Å². The van der Waals surface area contributed by atoms with Crippen LogP contribution in [0.25, 0.3) is 11.4 Å². The predicted octanol–water partition coefficient (Wildman–Crippen LogP) is 1.22. The molecular weight excluding hydrogens is 354 g/mol. The van der Waals surface area contributed by atoms with Crippen molar-refractivity contribution in [2.75, 3.05) is 19.4 Å². The number of aromatic nitrogens is 3. The zero-order chi connectivity index (χ0) is 19.1. The molecule has 140 valence electrons. The van der Waals surface area contributed by atoms with Gasteiger partial charge in [0, 0.05) is 13.6 Å².